The molecule has 0 radical (unpaired) electrons. The average molecular weight is 348 g/mol. The molecule has 24 heavy (non-hydrogen) atoms. The van der Waals surface area contributed by atoms with Crippen molar-refractivity contribution in [2.24, 2.45) is 0 Å². The zero-order valence-corrected chi connectivity index (χ0v) is 13.8. The van der Waals surface area contributed by atoms with E-state index in [0.717, 1.165) is 0 Å². The lowest BCUT2D eigenvalue weighted by molar-refractivity contribution is 0.0207. The molecule has 1 saturated heterocycles. The number of benzene rings is 2. The summed E-state index contributed by atoms with van der Waals surface area (Å²) in [5, 5.41) is 5.27. The molecule has 1 heterocycles. The molecule has 1 aliphatic heterocycles. The van der Waals surface area contributed by atoms with Crippen LogP contribution in [0.2, 0.25) is 5.02 Å². The smallest absolute Gasteiger partial charge is 0.333 e. The summed E-state index contributed by atoms with van der Waals surface area (Å²) < 4.78 is 10.9. The zero-order valence-electron chi connectivity index (χ0n) is 13.0. The minimum absolute atomic E-state index is 0.275. The lowest BCUT2D eigenvalue weighted by Crippen LogP contribution is -2.49. The fourth-order valence-electron chi connectivity index (χ4n) is 2.22. The third-order valence-electron chi connectivity index (χ3n) is 3.43. The Morgan fingerprint density at radius 1 is 1.00 bits per heavy atom. The van der Waals surface area contributed by atoms with E-state index in [-0.39, 0.29) is 6.03 Å². The van der Waals surface area contributed by atoms with Crippen molar-refractivity contribution in [2.75, 3.05) is 31.6 Å². The van der Waals surface area contributed by atoms with Crippen LogP contribution in [0.15, 0.2) is 48.5 Å². The molecule has 126 valence electrons. The largest absolute Gasteiger partial charge is 0.457 e. The summed E-state index contributed by atoms with van der Waals surface area (Å²) in [5.74, 6) is 1.38. The fourth-order valence-corrected chi connectivity index (χ4v) is 2.35. The molecule has 1 fully saturated rings. The van der Waals surface area contributed by atoms with Gasteiger partial charge in [-0.15, -0.1) is 0 Å². The molecule has 0 spiro atoms. The van der Waals surface area contributed by atoms with E-state index in [9.17, 15) is 4.79 Å². The van der Waals surface area contributed by atoms with Crippen LogP contribution in [0, 0.1) is 0 Å². The van der Waals surface area contributed by atoms with Crippen molar-refractivity contribution in [1.82, 2.24) is 10.4 Å². The summed E-state index contributed by atoms with van der Waals surface area (Å²) in [6.45, 7) is 2.61. The molecule has 0 unspecified atom stereocenters. The normalized spacial score (nSPS) is 14.9. The number of anilines is 1. The fraction of sp³-hybridized carbons (Fsp3) is 0.235. The van der Waals surface area contributed by atoms with E-state index in [1.54, 1.807) is 48.5 Å². The molecular formula is C17H18ClN3O3. The van der Waals surface area contributed by atoms with Crippen molar-refractivity contribution in [3.63, 3.8) is 0 Å². The summed E-state index contributed by atoms with van der Waals surface area (Å²) >= 11 is 5.84. The Labute approximate surface area is 145 Å². The van der Waals surface area contributed by atoms with Gasteiger partial charge < -0.3 is 14.8 Å². The Balaban J connectivity index is 1.52. The first kappa shape index (κ1) is 16.6. The predicted molar refractivity (Wildman–Crippen MR) is 92.5 cm³/mol. The highest BCUT2D eigenvalue weighted by molar-refractivity contribution is 6.30. The monoisotopic (exact) mass is 347 g/mol. The summed E-state index contributed by atoms with van der Waals surface area (Å²) in [7, 11) is 0. The van der Waals surface area contributed by atoms with E-state index in [1.807, 2.05) is 5.01 Å². The number of ether oxygens (including phenoxy) is 2. The highest BCUT2D eigenvalue weighted by Gasteiger charge is 2.12. The first-order valence-corrected chi connectivity index (χ1v) is 8.01. The Hall–Kier alpha value is -2.28. The number of halogens is 1. The molecular weight excluding hydrogens is 330 g/mol. The number of urea groups is 1. The highest BCUT2D eigenvalue weighted by atomic mass is 35.5. The van der Waals surface area contributed by atoms with E-state index in [0.29, 0.717) is 48.5 Å². The van der Waals surface area contributed by atoms with E-state index in [4.69, 9.17) is 21.1 Å². The molecule has 2 aromatic rings. The number of hydrogen-bond donors (Lipinski definition) is 2. The van der Waals surface area contributed by atoms with Crippen LogP contribution >= 0.6 is 11.6 Å². The van der Waals surface area contributed by atoms with Gasteiger partial charge in [-0.2, -0.15) is 0 Å². The van der Waals surface area contributed by atoms with Crippen LogP contribution in [0.3, 0.4) is 0 Å². The van der Waals surface area contributed by atoms with E-state index in [2.05, 4.69) is 10.7 Å². The first-order chi connectivity index (χ1) is 11.7. The Bertz CT molecular complexity index is 670. The number of amides is 2. The van der Waals surface area contributed by atoms with Gasteiger partial charge in [-0.05, 0) is 48.5 Å². The van der Waals surface area contributed by atoms with Crippen molar-refractivity contribution in [2.45, 2.75) is 0 Å². The van der Waals surface area contributed by atoms with Crippen molar-refractivity contribution >= 4 is 23.3 Å². The van der Waals surface area contributed by atoms with Gasteiger partial charge in [-0.3, -0.25) is 5.43 Å². The van der Waals surface area contributed by atoms with Gasteiger partial charge in [-0.1, -0.05) is 11.6 Å². The van der Waals surface area contributed by atoms with Crippen LogP contribution in [0.5, 0.6) is 11.5 Å². The number of carbonyl (C=O) groups is 1. The standard InChI is InChI=1S/C17H18ClN3O3/c18-13-1-5-15(6-2-13)24-16-7-3-14(4-8-16)19-17(22)20-21-9-11-23-12-10-21/h1-8H,9-12H2,(H2,19,20,22). The minimum atomic E-state index is -0.275. The summed E-state index contributed by atoms with van der Waals surface area (Å²) in [6.07, 6.45) is 0. The molecule has 0 bridgehead atoms. The van der Waals surface area contributed by atoms with Crippen LogP contribution in [0.1, 0.15) is 0 Å². The minimum Gasteiger partial charge on any atom is -0.457 e. The van der Waals surface area contributed by atoms with Crippen LogP contribution < -0.4 is 15.5 Å². The lowest BCUT2D eigenvalue weighted by Gasteiger charge is -2.26. The second kappa shape index (κ2) is 8.01. The molecule has 0 aromatic heterocycles. The first-order valence-electron chi connectivity index (χ1n) is 7.63. The van der Waals surface area contributed by atoms with Gasteiger partial charge in [0.1, 0.15) is 11.5 Å². The molecule has 2 aromatic carbocycles. The molecule has 3 rings (SSSR count). The summed E-state index contributed by atoms with van der Waals surface area (Å²) in [6, 6.07) is 14.0. The number of nitrogens with zero attached hydrogens (tertiary/aromatic N) is 1. The Kier molecular flexibility index (Phi) is 5.53. The zero-order chi connectivity index (χ0) is 16.8. The number of rotatable bonds is 4. The van der Waals surface area contributed by atoms with Gasteiger partial charge in [0.15, 0.2) is 0 Å². The molecule has 0 atom stereocenters. The average Bonchev–Trinajstić information content (AvgIpc) is 2.59. The summed E-state index contributed by atoms with van der Waals surface area (Å²) in [4.78, 5) is 11.9. The van der Waals surface area contributed by atoms with E-state index >= 15 is 0 Å². The SMILES string of the molecule is O=C(Nc1ccc(Oc2ccc(Cl)cc2)cc1)NN1CCOCC1. The molecule has 2 amide bonds. The number of morpholine rings is 1. The Morgan fingerprint density at radius 2 is 1.58 bits per heavy atom. The van der Waals surface area contributed by atoms with Crippen molar-refractivity contribution in [1.29, 1.82) is 0 Å². The molecule has 0 saturated carbocycles. The van der Waals surface area contributed by atoms with Gasteiger partial charge in [0.2, 0.25) is 0 Å². The predicted octanol–water partition coefficient (Wildman–Crippen LogP) is 3.50. The third kappa shape index (κ3) is 4.86. The lowest BCUT2D eigenvalue weighted by atomic mass is 10.3. The molecule has 2 N–H and O–H groups in total. The van der Waals surface area contributed by atoms with Gasteiger partial charge in [-0.25, -0.2) is 9.80 Å². The van der Waals surface area contributed by atoms with Gasteiger partial charge >= 0.3 is 6.03 Å². The maximum absolute atomic E-state index is 11.9. The maximum Gasteiger partial charge on any atom is 0.333 e. The quantitative estimate of drug-likeness (QED) is 0.888. The number of nitrogens with one attached hydrogen (secondary N) is 2. The molecule has 7 heteroatoms. The third-order valence-corrected chi connectivity index (χ3v) is 3.68. The van der Waals surface area contributed by atoms with Crippen molar-refractivity contribution in [3.8, 4) is 11.5 Å². The van der Waals surface area contributed by atoms with E-state index in [1.165, 1.54) is 0 Å². The van der Waals surface area contributed by atoms with Crippen molar-refractivity contribution < 1.29 is 14.3 Å². The Morgan fingerprint density at radius 3 is 2.21 bits per heavy atom. The highest BCUT2D eigenvalue weighted by Crippen LogP contribution is 2.24. The van der Waals surface area contributed by atoms with Gasteiger partial charge in [0.05, 0.1) is 13.2 Å². The molecule has 1 aliphatic rings. The topological polar surface area (TPSA) is 62.8 Å². The second-order valence-electron chi connectivity index (χ2n) is 5.25. The summed E-state index contributed by atoms with van der Waals surface area (Å²) in [5.41, 5.74) is 3.47. The van der Waals surface area contributed by atoms with Crippen molar-refractivity contribution in [3.05, 3.63) is 53.6 Å². The number of hydrazine groups is 1. The van der Waals surface area contributed by atoms with Crippen LogP contribution in [0.25, 0.3) is 0 Å². The maximum atomic E-state index is 11.9. The van der Waals surface area contributed by atoms with Crippen LogP contribution in [-0.2, 0) is 4.74 Å². The number of hydrogen-bond acceptors (Lipinski definition) is 4. The van der Waals surface area contributed by atoms with Crippen LogP contribution in [-0.4, -0.2) is 37.3 Å². The van der Waals surface area contributed by atoms with Gasteiger partial charge in [0, 0.05) is 23.8 Å². The number of carbonyl (C=O) groups excluding carboxylic acids is 1. The van der Waals surface area contributed by atoms with Crippen LogP contribution in [0.4, 0.5) is 10.5 Å². The molecule has 6 nitrogen and oxygen atoms in total. The van der Waals surface area contributed by atoms with Gasteiger partial charge in [0.25, 0.3) is 0 Å². The second-order valence-corrected chi connectivity index (χ2v) is 5.68. The van der Waals surface area contributed by atoms with E-state index < -0.39 is 0 Å². The molecule has 0 aliphatic carbocycles.